The third kappa shape index (κ3) is 6.45. The molecule has 0 saturated carbocycles. The lowest BCUT2D eigenvalue weighted by Crippen LogP contribution is -2.33. The van der Waals surface area contributed by atoms with E-state index >= 15 is 0 Å². The van der Waals surface area contributed by atoms with Crippen LogP contribution in [-0.2, 0) is 29.2 Å². The minimum atomic E-state index is -0.206. The van der Waals surface area contributed by atoms with Gasteiger partial charge in [-0.15, -0.1) is 0 Å². The van der Waals surface area contributed by atoms with Gasteiger partial charge in [-0.3, -0.25) is 10.1 Å². The molecule has 0 amide bonds. The molecule has 1 N–H and O–H groups in total. The fourth-order valence-corrected chi connectivity index (χ4v) is 5.03. The van der Waals surface area contributed by atoms with Crippen LogP contribution < -0.4 is 4.74 Å². The van der Waals surface area contributed by atoms with Crippen molar-refractivity contribution in [3.63, 3.8) is 0 Å². The molecule has 190 valence electrons. The highest BCUT2D eigenvalue weighted by Gasteiger charge is 2.37. The molecule has 3 rings (SSSR count). The average Bonchev–Trinajstić information content (AvgIpc) is 3.21. The van der Waals surface area contributed by atoms with Crippen molar-refractivity contribution in [1.29, 1.82) is 0 Å². The molecule has 0 aliphatic carbocycles. The highest BCUT2D eigenvalue weighted by atomic mass is 16.5. The molecular formula is C28H42N6O. The SMILES string of the molecule is COc1ccc(C(C)(C)Cc2nc(C)ccc2C(C)(C)CC(C)(C)c2n[nH]c(CN(C)C)n2)cn1. The van der Waals surface area contributed by atoms with Crippen LogP contribution in [-0.4, -0.2) is 51.3 Å². The minimum absolute atomic E-state index is 0.129. The highest BCUT2D eigenvalue weighted by molar-refractivity contribution is 5.35. The quantitative estimate of drug-likeness (QED) is 0.435. The molecule has 3 aromatic rings. The first-order chi connectivity index (χ1) is 16.2. The van der Waals surface area contributed by atoms with E-state index in [1.165, 1.54) is 11.1 Å². The topological polar surface area (TPSA) is 79.8 Å². The summed E-state index contributed by atoms with van der Waals surface area (Å²) in [7, 11) is 5.71. The number of rotatable bonds is 10. The Morgan fingerprint density at radius 2 is 1.63 bits per heavy atom. The van der Waals surface area contributed by atoms with Gasteiger partial charge < -0.3 is 9.64 Å². The van der Waals surface area contributed by atoms with E-state index in [4.69, 9.17) is 14.7 Å². The number of H-pyrrole nitrogens is 1. The van der Waals surface area contributed by atoms with Crippen LogP contribution in [0.25, 0.3) is 0 Å². The molecule has 0 atom stereocenters. The monoisotopic (exact) mass is 478 g/mol. The highest BCUT2D eigenvalue weighted by Crippen LogP contribution is 2.40. The van der Waals surface area contributed by atoms with Gasteiger partial charge in [-0.1, -0.05) is 53.7 Å². The molecule has 3 aromatic heterocycles. The normalized spacial score (nSPS) is 12.9. The molecule has 0 spiro atoms. The maximum Gasteiger partial charge on any atom is 0.212 e. The predicted octanol–water partition coefficient (Wildman–Crippen LogP) is 5.14. The molecule has 0 bridgehead atoms. The zero-order valence-electron chi connectivity index (χ0n) is 23.2. The number of pyridine rings is 2. The van der Waals surface area contributed by atoms with Crippen molar-refractivity contribution < 1.29 is 4.74 Å². The maximum absolute atomic E-state index is 5.24. The lowest BCUT2D eigenvalue weighted by Gasteiger charge is -2.36. The van der Waals surface area contributed by atoms with Gasteiger partial charge in [0.25, 0.3) is 0 Å². The van der Waals surface area contributed by atoms with Gasteiger partial charge in [0.1, 0.15) is 5.82 Å². The summed E-state index contributed by atoms with van der Waals surface area (Å²) in [5, 5.41) is 7.69. The maximum atomic E-state index is 5.24. The molecular weight excluding hydrogens is 436 g/mol. The number of aromatic amines is 1. The van der Waals surface area contributed by atoms with Crippen LogP contribution in [0.2, 0.25) is 0 Å². The average molecular weight is 479 g/mol. The fourth-order valence-electron chi connectivity index (χ4n) is 5.03. The number of ether oxygens (including phenoxy) is 1. The third-order valence-electron chi connectivity index (χ3n) is 6.67. The van der Waals surface area contributed by atoms with Gasteiger partial charge in [0.15, 0.2) is 5.82 Å². The second-order valence-electron chi connectivity index (χ2n) is 11.9. The summed E-state index contributed by atoms with van der Waals surface area (Å²) < 4.78 is 5.24. The third-order valence-corrected chi connectivity index (χ3v) is 6.67. The molecule has 0 saturated heterocycles. The van der Waals surface area contributed by atoms with Crippen molar-refractivity contribution in [3.8, 4) is 5.88 Å². The van der Waals surface area contributed by atoms with E-state index in [1.807, 2.05) is 26.4 Å². The standard InChI is InChI=1S/C28H42N6O/c1-19-11-13-21(22(30-19)15-26(2,3)20-12-14-24(35-10)29-16-20)27(4,5)18-28(6,7)25-31-23(32-33-25)17-34(8)9/h11-14,16H,15,17-18H2,1-10H3,(H,31,32,33). The van der Waals surface area contributed by atoms with Crippen LogP contribution in [0.5, 0.6) is 5.88 Å². The number of nitrogens with zero attached hydrogens (tertiary/aromatic N) is 5. The van der Waals surface area contributed by atoms with E-state index in [0.717, 1.165) is 42.4 Å². The van der Waals surface area contributed by atoms with Crippen LogP contribution in [0.3, 0.4) is 0 Å². The first-order valence-electron chi connectivity index (χ1n) is 12.3. The molecule has 0 aliphatic rings. The Hall–Kier alpha value is -2.80. The van der Waals surface area contributed by atoms with E-state index in [0.29, 0.717) is 5.88 Å². The Labute approximate surface area is 210 Å². The summed E-state index contributed by atoms with van der Waals surface area (Å²) in [6, 6.07) is 8.41. The van der Waals surface area contributed by atoms with Gasteiger partial charge in [-0.05, 0) is 61.9 Å². The van der Waals surface area contributed by atoms with E-state index in [-0.39, 0.29) is 16.2 Å². The van der Waals surface area contributed by atoms with Crippen LogP contribution >= 0.6 is 0 Å². The fraction of sp³-hybridized carbons (Fsp3) is 0.571. The number of hydrogen-bond acceptors (Lipinski definition) is 6. The molecule has 35 heavy (non-hydrogen) atoms. The lowest BCUT2D eigenvalue weighted by atomic mass is 9.69. The van der Waals surface area contributed by atoms with Gasteiger partial charge in [-0.2, -0.15) is 5.10 Å². The van der Waals surface area contributed by atoms with Crippen molar-refractivity contribution in [2.75, 3.05) is 21.2 Å². The Balaban J connectivity index is 1.90. The van der Waals surface area contributed by atoms with E-state index < -0.39 is 0 Å². The van der Waals surface area contributed by atoms with Crippen LogP contribution in [0.1, 0.15) is 82.1 Å². The number of hydrogen-bond donors (Lipinski definition) is 1. The number of aryl methyl sites for hydroxylation is 1. The zero-order valence-corrected chi connectivity index (χ0v) is 23.2. The van der Waals surface area contributed by atoms with Gasteiger partial charge in [-0.25, -0.2) is 9.97 Å². The van der Waals surface area contributed by atoms with Gasteiger partial charge in [0, 0.05) is 29.1 Å². The molecule has 0 fully saturated rings. The molecule has 7 nitrogen and oxygen atoms in total. The first-order valence-corrected chi connectivity index (χ1v) is 12.3. The molecule has 7 heteroatoms. The number of aromatic nitrogens is 5. The van der Waals surface area contributed by atoms with E-state index in [2.05, 4.69) is 86.7 Å². The Morgan fingerprint density at radius 1 is 0.914 bits per heavy atom. The number of methoxy groups -OCH3 is 1. The lowest BCUT2D eigenvalue weighted by molar-refractivity contribution is 0.331. The minimum Gasteiger partial charge on any atom is -0.481 e. The van der Waals surface area contributed by atoms with Crippen molar-refractivity contribution in [3.05, 3.63) is 64.6 Å². The van der Waals surface area contributed by atoms with Crippen molar-refractivity contribution in [2.45, 2.75) is 84.1 Å². The van der Waals surface area contributed by atoms with E-state index in [1.54, 1.807) is 7.11 Å². The second kappa shape index (κ2) is 10.1. The van der Waals surface area contributed by atoms with Gasteiger partial charge in [0.05, 0.1) is 13.7 Å². The summed E-state index contributed by atoms with van der Waals surface area (Å²) in [5.74, 6) is 2.38. The van der Waals surface area contributed by atoms with Crippen molar-refractivity contribution in [1.82, 2.24) is 30.0 Å². The smallest absolute Gasteiger partial charge is 0.212 e. The van der Waals surface area contributed by atoms with Crippen molar-refractivity contribution in [2.24, 2.45) is 0 Å². The summed E-state index contributed by atoms with van der Waals surface area (Å²) in [4.78, 5) is 16.4. The molecule has 0 aliphatic heterocycles. The summed E-state index contributed by atoms with van der Waals surface area (Å²) in [5.41, 5.74) is 4.14. The second-order valence-corrected chi connectivity index (χ2v) is 11.9. The van der Waals surface area contributed by atoms with E-state index in [9.17, 15) is 0 Å². The molecule has 0 aromatic carbocycles. The van der Waals surface area contributed by atoms with Crippen LogP contribution in [0, 0.1) is 6.92 Å². The predicted molar refractivity (Wildman–Crippen MR) is 141 cm³/mol. The first kappa shape index (κ1) is 26.8. The van der Waals surface area contributed by atoms with Gasteiger partial charge >= 0.3 is 0 Å². The largest absolute Gasteiger partial charge is 0.481 e. The summed E-state index contributed by atoms with van der Waals surface area (Å²) in [6.45, 7) is 16.4. The Morgan fingerprint density at radius 3 is 2.23 bits per heavy atom. The summed E-state index contributed by atoms with van der Waals surface area (Å²) >= 11 is 0. The van der Waals surface area contributed by atoms with Crippen LogP contribution in [0.4, 0.5) is 0 Å². The summed E-state index contributed by atoms with van der Waals surface area (Å²) in [6.07, 6.45) is 3.62. The molecule has 3 heterocycles. The van der Waals surface area contributed by atoms with Crippen molar-refractivity contribution >= 4 is 0 Å². The Bertz CT molecular complexity index is 1130. The number of nitrogens with one attached hydrogen (secondary N) is 1. The Kier molecular flexibility index (Phi) is 7.70. The van der Waals surface area contributed by atoms with Gasteiger partial charge in [0.2, 0.25) is 5.88 Å². The molecule has 0 unspecified atom stereocenters. The van der Waals surface area contributed by atoms with Crippen LogP contribution in [0.15, 0.2) is 30.5 Å². The molecule has 0 radical (unpaired) electrons. The zero-order chi connectivity index (χ0) is 26.0.